The smallest absolute Gasteiger partial charge is 0.417 e. The fraction of sp³-hybridized carbons (Fsp3) is 0.238. The van der Waals surface area contributed by atoms with E-state index in [-0.39, 0.29) is 24.5 Å². The SMILES string of the molecule is O=C(Nc1n[nH]c2c1CN(S(=O)(=O)c1ccccc1C(F)(F)F)C2)c1ccc2c(c1)OCCO2. The van der Waals surface area contributed by atoms with Gasteiger partial charge >= 0.3 is 6.18 Å². The number of fused-ring (bicyclic) bond motifs is 2. The molecule has 2 N–H and O–H groups in total. The number of benzene rings is 2. The topological polar surface area (TPSA) is 114 Å². The molecule has 2 aliphatic heterocycles. The first-order chi connectivity index (χ1) is 16.1. The molecule has 1 amide bonds. The highest BCUT2D eigenvalue weighted by atomic mass is 32.2. The Morgan fingerprint density at radius 2 is 1.79 bits per heavy atom. The second kappa shape index (κ2) is 8.02. The first kappa shape index (κ1) is 22.2. The molecule has 5 rings (SSSR count). The van der Waals surface area contributed by atoms with Crippen molar-refractivity contribution in [2.75, 3.05) is 18.5 Å². The number of alkyl halides is 3. The van der Waals surface area contributed by atoms with E-state index in [2.05, 4.69) is 15.5 Å². The lowest BCUT2D eigenvalue weighted by Gasteiger charge is -2.19. The van der Waals surface area contributed by atoms with Gasteiger partial charge in [0, 0.05) is 17.7 Å². The van der Waals surface area contributed by atoms with Gasteiger partial charge in [-0.3, -0.25) is 9.89 Å². The van der Waals surface area contributed by atoms with E-state index in [0.29, 0.717) is 36.0 Å². The summed E-state index contributed by atoms with van der Waals surface area (Å²) >= 11 is 0. The normalized spacial score (nSPS) is 15.7. The molecule has 0 bridgehead atoms. The summed E-state index contributed by atoms with van der Waals surface area (Å²) in [7, 11) is -4.48. The third kappa shape index (κ3) is 3.86. The average Bonchev–Trinajstić information content (AvgIpc) is 3.41. The van der Waals surface area contributed by atoms with Crippen LogP contribution in [0.5, 0.6) is 11.5 Å². The van der Waals surface area contributed by atoms with E-state index in [0.717, 1.165) is 22.5 Å². The summed E-state index contributed by atoms with van der Waals surface area (Å²) in [5.74, 6) is 0.516. The lowest BCUT2D eigenvalue weighted by Crippen LogP contribution is -2.28. The average molecular weight is 494 g/mol. The van der Waals surface area contributed by atoms with Gasteiger partial charge < -0.3 is 14.8 Å². The molecule has 2 aliphatic rings. The number of carbonyl (C=O) groups excluding carboxylic acids is 1. The van der Waals surface area contributed by atoms with Crippen molar-refractivity contribution in [3.8, 4) is 11.5 Å². The monoisotopic (exact) mass is 494 g/mol. The third-order valence-corrected chi connectivity index (χ3v) is 7.32. The number of aromatic nitrogens is 2. The largest absolute Gasteiger partial charge is 0.486 e. The predicted octanol–water partition coefficient (Wildman–Crippen LogP) is 3.16. The van der Waals surface area contributed by atoms with Crippen LogP contribution in [0.4, 0.5) is 19.0 Å². The molecule has 3 heterocycles. The number of ether oxygens (including phenoxy) is 2. The van der Waals surface area contributed by atoms with Crippen molar-refractivity contribution in [1.82, 2.24) is 14.5 Å². The molecular formula is C21H17F3N4O5S. The number of carbonyl (C=O) groups is 1. The first-order valence-corrected chi connectivity index (χ1v) is 11.5. The Bertz CT molecular complexity index is 1390. The van der Waals surface area contributed by atoms with E-state index < -0.39 is 32.6 Å². The fourth-order valence-corrected chi connectivity index (χ4v) is 5.40. The second-order valence-corrected chi connectivity index (χ2v) is 9.52. The number of nitrogens with one attached hydrogen (secondary N) is 2. The number of hydrogen-bond acceptors (Lipinski definition) is 6. The number of nitrogens with zero attached hydrogens (tertiary/aromatic N) is 2. The maximum Gasteiger partial charge on any atom is 0.417 e. The lowest BCUT2D eigenvalue weighted by molar-refractivity contribution is -0.139. The van der Waals surface area contributed by atoms with Gasteiger partial charge in [-0.2, -0.15) is 22.6 Å². The molecule has 3 aromatic rings. The van der Waals surface area contributed by atoms with Gasteiger partial charge in [0.15, 0.2) is 17.3 Å². The Hall–Kier alpha value is -3.58. The number of hydrogen-bond donors (Lipinski definition) is 2. The first-order valence-electron chi connectivity index (χ1n) is 10.1. The van der Waals surface area contributed by atoms with Crippen LogP contribution in [-0.2, 0) is 29.3 Å². The number of halogens is 3. The molecule has 0 saturated carbocycles. The Labute approximate surface area is 191 Å². The van der Waals surface area contributed by atoms with Crippen LogP contribution in [0.1, 0.15) is 27.2 Å². The molecule has 0 radical (unpaired) electrons. The van der Waals surface area contributed by atoms with Gasteiger partial charge in [0.25, 0.3) is 5.91 Å². The number of aromatic amines is 1. The zero-order valence-corrected chi connectivity index (χ0v) is 18.2. The van der Waals surface area contributed by atoms with Crippen LogP contribution in [0.2, 0.25) is 0 Å². The number of anilines is 1. The lowest BCUT2D eigenvalue weighted by atomic mass is 10.1. The Morgan fingerprint density at radius 3 is 2.56 bits per heavy atom. The van der Waals surface area contributed by atoms with Crippen molar-refractivity contribution in [1.29, 1.82) is 0 Å². The summed E-state index contributed by atoms with van der Waals surface area (Å²) in [6.45, 7) is 0.297. The highest BCUT2D eigenvalue weighted by molar-refractivity contribution is 7.89. The number of rotatable bonds is 4. The quantitative estimate of drug-likeness (QED) is 0.576. The zero-order chi connectivity index (χ0) is 24.1. The summed E-state index contributed by atoms with van der Waals surface area (Å²) in [6.07, 6.45) is -4.83. The van der Waals surface area contributed by atoms with Crippen LogP contribution in [0.3, 0.4) is 0 Å². The maximum absolute atomic E-state index is 13.4. The molecule has 1 aromatic heterocycles. The van der Waals surface area contributed by atoms with Crippen LogP contribution in [0.25, 0.3) is 0 Å². The molecule has 0 saturated heterocycles. The van der Waals surface area contributed by atoms with Gasteiger partial charge in [-0.1, -0.05) is 12.1 Å². The second-order valence-electron chi connectivity index (χ2n) is 7.61. The van der Waals surface area contributed by atoms with Crippen molar-refractivity contribution >= 4 is 21.7 Å². The molecule has 178 valence electrons. The Kier molecular flexibility index (Phi) is 5.24. The minimum atomic E-state index is -4.83. The highest BCUT2D eigenvalue weighted by Gasteiger charge is 2.41. The molecule has 2 aromatic carbocycles. The standard InChI is InChI=1S/C21H17F3N4O5S/c22-21(23,24)14-3-1-2-4-18(14)34(30,31)28-10-13-15(11-28)26-27-19(13)25-20(29)12-5-6-16-17(9-12)33-8-7-32-16/h1-6,9H,7-8,10-11H2,(H2,25,26,27,29). The van der Waals surface area contributed by atoms with Crippen molar-refractivity contribution in [2.45, 2.75) is 24.2 Å². The van der Waals surface area contributed by atoms with E-state index in [1.165, 1.54) is 12.1 Å². The number of H-pyrrole nitrogens is 1. The van der Waals surface area contributed by atoms with Crippen LogP contribution >= 0.6 is 0 Å². The van der Waals surface area contributed by atoms with E-state index in [1.807, 2.05) is 0 Å². The molecule has 0 fully saturated rings. The van der Waals surface area contributed by atoms with E-state index in [4.69, 9.17) is 9.47 Å². The summed E-state index contributed by atoms with van der Waals surface area (Å²) < 4.78 is 78.0. The van der Waals surface area contributed by atoms with Crippen LogP contribution in [0.15, 0.2) is 47.4 Å². The Balaban J connectivity index is 1.37. The molecule has 34 heavy (non-hydrogen) atoms. The van der Waals surface area contributed by atoms with Crippen molar-refractivity contribution in [3.05, 3.63) is 64.8 Å². The molecule has 9 nitrogen and oxygen atoms in total. The molecule has 0 unspecified atom stereocenters. The zero-order valence-electron chi connectivity index (χ0n) is 17.3. The van der Waals surface area contributed by atoms with E-state index >= 15 is 0 Å². The van der Waals surface area contributed by atoms with Gasteiger partial charge in [-0.15, -0.1) is 0 Å². The van der Waals surface area contributed by atoms with Gasteiger partial charge in [0.2, 0.25) is 10.0 Å². The summed E-state index contributed by atoms with van der Waals surface area (Å²) in [5.41, 5.74) is -0.220. The fourth-order valence-electron chi connectivity index (χ4n) is 3.81. The summed E-state index contributed by atoms with van der Waals surface area (Å²) in [6, 6.07) is 8.67. The van der Waals surface area contributed by atoms with Gasteiger partial charge in [-0.05, 0) is 30.3 Å². The number of sulfonamides is 1. The van der Waals surface area contributed by atoms with Gasteiger partial charge in [-0.25, -0.2) is 8.42 Å². The Morgan fingerprint density at radius 1 is 1.06 bits per heavy atom. The third-order valence-electron chi connectivity index (χ3n) is 5.47. The minimum absolute atomic E-state index is 0.0942. The predicted molar refractivity (Wildman–Crippen MR) is 112 cm³/mol. The van der Waals surface area contributed by atoms with Crippen LogP contribution in [0, 0.1) is 0 Å². The minimum Gasteiger partial charge on any atom is -0.486 e. The summed E-state index contributed by atoms with van der Waals surface area (Å²) in [5, 5.41) is 9.29. The molecule has 0 aliphatic carbocycles. The van der Waals surface area contributed by atoms with Gasteiger partial charge in [0.05, 0.1) is 22.7 Å². The molecule has 0 spiro atoms. The summed E-state index contributed by atoms with van der Waals surface area (Å²) in [4.78, 5) is 11.9. The molecular weight excluding hydrogens is 477 g/mol. The molecule has 0 atom stereocenters. The van der Waals surface area contributed by atoms with Crippen molar-refractivity contribution in [2.24, 2.45) is 0 Å². The maximum atomic E-state index is 13.4. The van der Waals surface area contributed by atoms with E-state index in [1.54, 1.807) is 12.1 Å². The van der Waals surface area contributed by atoms with Crippen LogP contribution in [-0.4, -0.2) is 42.0 Å². The van der Waals surface area contributed by atoms with E-state index in [9.17, 15) is 26.4 Å². The van der Waals surface area contributed by atoms with Crippen molar-refractivity contribution < 1.29 is 35.9 Å². The van der Waals surface area contributed by atoms with Gasteiger partial charge in [0.1, 0.15) is 13.2 Å². The van der Waals surface area contributed by atoms with Crippen molar-refractivity contribution in [3.63, 3.8) is 0 Å². The van der Waals surface area contributed by atoms with Crippen LogP contribution < -0.4 is 14.8 Å². The molecule has 13 heteroatoms. The highest BCUT2D eigenvalue weighted by Crippen LogP contribution is 2.38. The number of amides is 1.